The summed E-state index contributed by atoms with van der Waals surface area (Å²) >= 11 is 4.75. The maximum atomic E-state index is 10.4. The second-order valence-electron chi connectivity index (χ2n) is 3.49. The largest absolute Gasteiger partial charge is 0.469 e. The number of rotatable bonds is 4. The first-order valence-electron chi connectivity index (χ1n) is 7.50. The van der Waals surface area contributed by atoms with E-state index in [4.69, 9.17) is 22.4 Å². The Balaban J connectivity index is 0.000000518. The second-order valence-corrected chi connectivity index (χ2v) is 5.84. The molecule has 1 aliphatic rings. The van der Waals surface area contributed by atoms with E-state index in [-0.39, 0.29) is 0 Å². The Morgan fingerprint density at radius 2 is 2.06 bits per heavy atom. The Morgan fingerprint density at radius 3 is 2.35 bits per heavy atom. The fourth-order valence-electron chi connectivity index (χ4n) is 1.25. The van der Waals surface area contributed by atoms with E-state index in [1.165, 1.54) is 32.1 Å². The van der Waals surface area contributed by atoms with Crippen molar-refractivity contribution in [3.8, 4) is 0 Å². The van der Waals surface area contributed by atoms with Crippen molar-refractivity contribution < 1.29 is 25.7 Å². The van der Waals surface area contributed by atoms with E-state index in [1.807, 2.05) is 0 Å². The summed E-state index contributed by atoms with van der Waals surface area (Å²) in [6, 6.07) is 0.536. The van der Waals surface area contributed by atoms with E-state index in [9.17, 15) is 4.57 Å². The summed E-state index contributed by atoms with van der Waals surface area (Å²) in [6.45, 7) is -3.24. The molecular weight excluding hydrogens is 377 g/mol. The molecule has 0 bridgehead atoms. The molecule has 0 heterocycles. The monoisotopic (exact) mass is 400 g/mol. The van der Waals surface area contributed by atoms with Crippen molar-refractivity contribution >= 4 is 39.7 Å². The van der Waals surface area contributed by atoms with Crippen molar-refractivity contribution in [3.63, 3.8) is 0 Å². The van der Waals surface area contributed by atoms with Gasteiger partial charge in [-0.15, -0.1) is 0 Å². The van der Waals surface area contributed by atoms with Crippen LogP contribution in [-0.4, -0.2) is 32.5 Å². The van der Waals surface area contributed by atoms with Gasteiger partial charge >= 0.3 is 7.82 Å². The van der Waals surface area contributed by atoms with Gasteiger partial charge in [-0.1, -0.05) is 51.1 Å². The highest BCUT2D eigenvalue weighted by molar-refractivity contribution is 9.12. The van der Waals surface area contributed by atoms with Crippen LogP contribution in [0.4, 0.5) is 0 Å². The molecule has 8 heteroatoms. The van der Waals surface area contributed by atoms with E-state index in [2.05, 4.69) is 36.4 Å². The third kappa shape index (κ3) is 13.3. The zero-order valence-electron chi connectivity index (χ0n) is 14.1. The van der Waals surface area contributed by atoms with Gasteiger partial charge in [0.1, 0.15) is 0 Å². The lowest BCUT2D eigenvalue weighted by atomic mass is 9.97. The molecular formula is C9H20Br2NO4P. The van der Waals surface area contributed by atoms with Gasteiger partial charge in [0, 0.05) is 20.2 Å². The highest BCUT2D eigenvalue weighted by Gasteiger charge is 2.15. The molecule has 0 aliphatic heterocycles. The van der Waals surface area contributed by atoms with E-state index >= 15 is 0 Å². The van der Waals surface area contributed by atoms with Crippen molar-refractivity contribution in [1.29, 1.82) is 0 Å². The Hall–Kier alpha value is 1.03. The van der Waals surface area contributed by atoms with Crippen LogP contribution >= 0.6 is 39.7 Å². The van der Waals surface area contributed by atoms with E-state index < -0.39 is 24.5 Å². The molecule has 0 aromatic heterocycles. The minimum Gasteiger partial charge on any atom is -0.328 e. The Bertz CT molecular complexity index is 398. The molecule has 1 atom stereocenters. The predicted octanol–water partition coefficient (Wildman–Crippen LogP) is 2.53. The van der Waals surface area contributed by atoms with Gasteiger partial charge in [0.2, 0.25) is 0 Å². The first-order chi connectivity index (χ1) is 9.60. The van der Waals surface area contributed by atoms with Gasteiger partial charge in [-0.2, -0.15) is 0 Å². The van der Waals surface area contributed by atoms with Crippen LogP contribution in [0.1, 0.15) is 39.0 Å². The Morgan fingerprint density at radius 1 is 1.53 bits per heavy atom. The number of phosphoric acid groups is 1. The van der Waals surface area contributed by atoms with Crippen molar-refractivity contribution in [3.05, 3.63) is 0 Å². The van der Waals surface area contributed by atoms with Gasteiger partial charge in [-0.05, 0) is 12.8 Å². The predicted molar refractivity (Wildman–Crippen MR) is 75.6 cm³/mol. The maximum Gasteiger partial charge on any atom is 0.469 e. The second kappa shape index (κ2) is 9.89. The van der Waals surface area contributed by atoms with Gasteiger partial charge < -0.3 is 15.5 Å². The van der Waals surface area contributed by atoms with E-state index in [1.54, 1.807) is 0 Å². The number of nitrogens with two attached hydrogens (primary N) is 1. The quantitative estimate of drug-likeness (QED) is 0.497. The number of halogens is 2. The highest BCUT2D eigenvalue weighted by Crippen LogP contribution is 2.36. The first-order valence-corrected chi connectivity index (χ1v) is 8.11. The normalized spacial score (nSPS) is 27.2. The van der Waals surface area contributed by atoms with Crippen molar-refractivity contribution in [2.75, 3.05) is 11.8 Å². The summed E-state index contributed by atoms with van der Waals surface area (Å²) in [4.78, 5) is 14.1. The summed E-state index contributed by atoms with van der Waals surface area (Å²) < 4.78 is 49.8. The van der Waals surface area contributed by atoms with E-state index in [0.717, 1.165) is 0 Å². The lowest BCUT2D eigenvalue weighted by Gasteiger charge is -2.15. The van der Waals surface area contributed by atoms with Crippen LogP contribution < -0.4 is 5.73 Å². The zero-order valence-corrected chi connectivity index (χ0v) is 13.2. The Labute approximate surface area is 126 Å². The first kappa shape index (κ1) is 10.8. The third-order valence-corrected chi connectivity index (χ3v) is 3.60. The highest BCUT2D eigenvalue weighted by atomic mass is 79.9. The molecule has 4 N–H and O–H groups in total. The fourth-order valence-corrected chi connectivity index (χ4v) is 1.75. The minimum atomic E-state index is -5.17. The molecule has 0 aromatic carbocycles. The molecule has 5 nitrogen and oxygen atoms in total. The van der Waals surface area contributed by atoms with Gasteiger partial charge in [0.15, 0.2) is 0 Å². The molecule has 17 heavy (non-hydrogen) atoms. The van der Waals surface area contributed by atoms with Crippen LogP contribution in [0, 0.1) is 0 Å². The summed E-state index contributed by atoms with van der Waals surface area (Å²) in [5.74, 6) is 0. The molecule has 1 unspecified atom stereocenters. The van der Waals surface area contributed by atoms with Crippen molar-refractivity contribution in [2.24, 2.45) is 5.73 Å². The van der Waals surface area contributed by atoms with Crippen LogP contribution in [-0.2, 0) is 9.09 Å². The summed E-state index contributed by atoms with van der Waals surface area (Å²) in [7, 11) is -5.17. The molecule has 1 rings (SSSR count). The van der Waals surface area contributed by atoms with Crippen molar-refractivity contribution in [1.82, 2.24) is 0 Å². The van der Waals surface area contributed by atoms with Gasteiger partial charge in [0.05, 0.1) is 9.30 Å². The average molecular weight is 402 g/mol. The van der Waals surface area contributed by atoms with Crippen LogP contribution in [0.2, 0.25) is 0 Å². The lowest BCUT2D eigenvalue weighted by Crippen LogP contribution is -2.22. The van der Waals surface area contributed by atoms with Gasteiger partial charge in [-0.3, -0.25) is 4.52 Å². The standard InChI is InChI=1S/C6H13N.C3H7Br2O4P/c7-6-4-2-1-3-5-6;4-1-3(5)2-9-10(6,7)8/h6H,1-5,7H2;3H,1-2H2,(H2,6,7,8)/i;1D2,2D2,3D. The summed E-state index contributed by atoms with van der Waals surface area (Å²) in [6.07, 6.45) is 6.66. The molecule has 0 spiro atoms. The van der Waals surface area contributed by atoms with Gasteiger partial charge in [0.25, 0.3) is 0 Å². The molecule has 1 aliphatic carbocycles. The molecule has 1 saturated carbocycles. The van der Waals surface area contributed by atoms with E-state index in [0.29, 0.717) is 6.04 Å². The molecule has 1 fully saturated rings. The summed E-state index contributed by atoms with van der Waals surface area (Å²) in [5, 5.41) is -2.60. The van der Waals surface area contributed by atoms with Crippen LogP contribution in [0.15, 0.2) is 0 Å². The smallest absolute Gasteiger partial charge is 0.328 e. The van der Waals surface area contributed by atoms with Crippen LogP contribution in [0.3, 0.4) is 0 Å². The molecule has 104 valence electrons. The van der Waals surface area contributed by atoms with Gasteiger partial charge in [-0.25, -0.2) is 4.57 Å². The maximum absolute atomic E-state index is 10.4. The average Bonchev–Trinajstić information content (AvgIpc) is 2.25. The van der Waals surface area contributed by atoms with Crippen LogP contribution in [0.5, 0.6) is 0 Å². The number of alkyl halides is 2. The zero-order chi connectivity index (χ0) is 17.8. The number of phosphoric ester groups is 1. The topological polar surface area (TPSA) is 92.8 Å². The molecule has 0 aromatic rings. The third-order valence-electron chi connectivity index (χ3n) is 1.99. The minimum absolute atomic E-state index is 0.536. The number of hydrogen-bond donors (Lipinski definition) is 3. The van der Waals surface area contributed by atoms with Crippen molar-refractivity contribution in [2.45, 2.75) is 42.9 Å². The molecule has 0 amide bonds. The molecule has 0 saturated heterocycles. The lowest BCUT2D eigenvalue weighted by molar-refractivity contribution is 0.201. The number of hydrogen-bond acceptors (Lipinski definition) is 3. The van der Waals surface area contributed by atoms with Crippen LogP contribution in [0.25, 0.3) is 0 Å². The molecule has 0 radical (unpaired) electrons. The SMILES string of the molecule is NC1CCCCC1.[2H]C([2H])(Br)C([2H])(Br)C([2H])([2H])OP(=O)(O)O. The Kier molecular flexibility index (Phi) is 6.27. The summed E-state index contributed by atoms with van der Waals surface area (Å²) in [5.41, 5.74) is 5.63. The fraction of sp³-hybridized carbons (Fsp3) is 1.00.